The minimum atomic E-state index is -0.00733. The first-order chi connectivity index (χ1) is 5.24. The molecule has 0 aliphatic carbocycles. The molecule has 1 nitrogen and oxygen atoms in total. The van der Waals surface area contributed by atoms with Crippen LogP contribution in [0.2, 0.25) is 0 Å². The van der Waals surface area contributed by atoms with E-state index >= 15 is 0 Å². The second kappa shape index (κ2) is 6.10. The van der Waals surface area contributed by atoms with E-state index in [2.05, 4.69) is 6.92 Å². The van der Waals surface area contributed by atoms with Crippen LogP contribution in [0.3, 0.4) is 0 Å². The molecule has 11 heavy (non-hydrogen) atoms. The summed E-state index contributed by atoms with van der Waals surface area (Å²) in [5.74, 6) is 1.16. The van der Waals surface area contributed by atoms with Crippen LogP contribution in [-0.4, -0.2) is 25.5 Å². The van der Waals surface area contributed by atoms with Crippen LogP contribution in [0.15, 0.2) is 0 Å². The molecule has 3 heteroatoms. The number of methoxy groups -OCH3 is 1. The van der Waals surface area contributed by atoms with Gasteiger partial charge in [0.15, 0.2) is 0 Å². The highest BCUT2D eigenvalue weighted by atomic mass is 35.5. The first-order valence-electron chi connectivity index (χ1n) is 3.85. The molecule has 0 atom stereocenters. The SMILES string of the molecule is CCCC(CCl)(CCl)COC. The topological polar surface area (TPSA) is 9.23 Å². The first kappa shape index (κ1) is 11.5. The predicted octanol–water partition coefficient (Wildman–Crippen LogP) is 2.90. The lowest BCUT2D eigenvalue weighted by Gasteiger charge is -2.27. The Morgan fingerprint density at radius 2 is 1.82 bits per heavy atom. The summed E-state index contributed by atoms with van der Waals surface area (Å²) < 4.78 is 5.07. The van der Waals surface area contributed by atoms with Gasteiger partial charge in [-0.1, -0.05) is 13.3 Å². The highest BCUT2D eigenvalue weighted by Crippen LogP contribution is 2.27. The van der Waals surface area contributed by atoms with Crippen LogP contribution >= 0.6 is 23.2 Å². The van der Waals surface area contributed by atoms with Crippen LogP contribution in [0.1, 0.15) is 19.8 Å². The fourth-order valence-corrected chi connectivity index (χ4v) is 1.86. The summed E-state index contributed by atoms with van der Waals surface area (Å²) in [6.45, 7) is 2.79. The third kappa shape index (κ3) is 3.64. The zero-order chi connectivity index (χ0) is 8.74. The number of alkyl halides is 2. The van der Waals surface area contributed by atoms with Crippen molar-refractivity contribution in [3.05, 3.63) is 0 Å². The molecule has 0 aliphatic heterocycles. The van der Waals surface area contributed by atoms with E-state index in [1.165, 1.54) is 0 Å². The Bertz CT molecular complexity index is 84.1. The van der Waals surface area contributed by atoms with Crippen molar-refractivity contribution in [2.75, 3.05) is 25.5 Å². The van der Waals surface area contributed by atoms with E-state index in [0.717, 1.165) is 12.8 Å². The van der Waals surface area contributed by atoms with Crippen molar-refractivity contribution in [1.29, 1.82) is 0 Å². The second-order valence-corrected chi connectivity index (χ2v) is 3.48. The zero-order valence-corrected chi connectivity index (χ0v) is 8.71. The molecular weight excluding hydrogens is 183 g/mol. The van der Waals surface area contributed by atoms with E-state index in [1.54, 1.807) is 7.11 Å². The van der Waals surface area contributed by atoms with Crippen LogP contribution in [0.5, 0.6) is 0 Å². The molecule has 0 unspecified atom stereocenters. The highest BCUT2D eigenvalue weighted by molar-refractivity contribution is 6.21. The van der Waals surface area contributed by atoms with Gasteiger partial charge in [-0.3, -0.25) is 0 Å². The molecule has 0 aromatic heterocycles. The summed E-state index contributed by atoms with van der Waals surface area (Å²) in [5, 5.41) is 0. The smallest absolute Gasteiger partial charge is 0.0541 e. The quantitative estimate of drug-likeness (QED) is 0.597. The van der Waals surface area contributed by atoms with Gasteiger partial charge in [0.25, 0.3) is 0 Å². The molecule has 0 bridgehead atoms. The van der Waals surface area contributed by atoms with Gasteiger partial charge in [-0.15, -0.1) is 23.2 Å². The molecule has 0 heterocycles. The number of halogens is 2. The van der Waals surface area contributed by atoms with Crippen LogP contribution in [0.4, 0.5) is 0 Å². The summed E-state index contributed by atoms with van der Waals surface area (Å²) in [7, 11) is 1.68. The van der Waals surface area contributed by atoms with Crippen molar-refractivity contribution < 1.29 is 4.74 Å². The zero-order valence-electron chi connectivity index (χ0n) is 7.20. The number of hydrogen-bond acceptors (Lipinski definition) is 1. The lowest BCUT2D eigenvalue weighted by atomic mass is 9.89. The molecule has 68 valence electrons. The summed E-state index contributed by atoms with van der Waals surface area (Å²) >= 11 is 11.6. The maximum atomic E-state index is 5.82. The van der Waals surface area contributed by atoms with Crippen LogP contribution in [0, 0.1) is 5.41 Å². The average molecular weight is 199 g/mol. The Labute approximate surface area is 79.0 Å². The fraction of sp³-hybridized carbons (Fsp3) is 1.00. The van der Waals surface area contributed by atoms with Crippen LogP contribution < -0.4 is 0 Å². The average Bonchev–Trinajstić information content (AvgIpc) is 2.04. The van der Waals surface area contributed by atoms with Crippen molar-refractivity contribution >= 4 is 23.2 Å². The standard InChI is InChI=1S/C8H16Cl2O/c1-3-4-8(5-9,6-10)7-11-2/h3-7H2,1-2H3. The maximum absolute atomic E-state index is 5.82. The minimum Gasteiger partial charge on any atom is -0.384 e. The van der Waals surface area contributed by atoms with Gasteiger partial charge in [0.05, 0.1) is 6.61 Å². The highest BCUT2D eigenvalue weighted by Gasteiger charge is 2.27. The second-order valence-electron chi connectivity index (χ2n) is 2.95. The van der Waals surface area contributed by atoms with E-state index < -0.39 is 0 Å². The third-order valence-electron chi connectivity index (χ3n) is 1.80. The Balaban J connectivity index is 3.96. The number of rotatable bonds is 6. The Morgan fingerprint density at radius 1 is 1.27 bits per heavy atom. The normalized spacial score (nSPS) is 12.0. The molecule has 0 aliphatic rings. The lowest BCUT2D eigenvalue weighted by molar-refractivity contribution is 0.102. The van der Waals surface area contributed by atoms with Gasteiger partial charge in [-0.25, -0.2) is 0 Å². The molecule has 0 spiro atoms. The van der Waals surface area contributed by atoms with Crippen LogP contribution in [-0.2, 0) is 4.74 Å². The monoisotopic (exact) mass is 198 g/mol. The number of ether oxygens (including phenoxy) is 1. The van der Waals surface area contributed by atoms with E-state index in [-0.39, 0.29) is 5.41 Å². The molecule has 0 fully saturated rings. The summed E-state index contributed by atoms with van der Waals surface area (Å²) in [6.07, 6.45) is 2.14. The minimum absolute atomic E-state index is 0.00733. The molecule has 0 radical (unpaired) electrons. The number of hydrogen-bond donors (Lipinski definition) is 0. The van der Waals surface area contributed by atoms with Crippen molar-refractivity contribution in [2.24, 2.45) is 5.41 Å². The molecule has 0 rings (SSSR count). The van der Waals surface area contributed by atoms with Crippen molar-refractivity contribution in [1.82, 2.24) is 0 Å². The van der Waals surface area contributed by atoms with Gasteiger partial charge in [-0.05, 0) is 6.42 Å². The van der Waals surface area contributed by atoms with Gasteiger partial charge >= 0.3 is 0 Å². The first-order valence-corrected chi connectivity index (χ1v) is 4.92. The van der Waals surface area contributed by atoms with Gasteiger partial charge in [0, 0.05) is 24.3 Å². The Morgan fingerprint density at radius 3 is 2.09 bits per heavy atom. The molecule has 0 saturated carbocycles. The Hall–Kier alpha value is 0.540. The van der Waals surface area contributed by atoms with Gasteiger partial charge in [0.2, 0.25) is 0 Å². The van der Waals surface area contributed by atoms with E-state index in [4.69, 9.17) is 27.9 Å². The third-order valence-corrected chi connectivity index (χ3v) is 2.93. The van der Waals surface area contributed by atoms with Crippen molar-refractivity contribution in [2.45, 2.75) is 19.8 Å². The molecule has 0 aromatic carbocycles. The molecule has 0 saturated heterocycles. The summed E-state index contributed by atoms with van der Waals surface area (Å²) in [5.41, 5.74) is -0.00733. The summed E-state index contributed by atoms with van der Waals surface area (Å²) in [4.78, 5) is 0. The predicted molar refractivity (Wildman–Crippen MR) is 50.7 cm³/mol. The van der Waals surface area contributed by atoms with Crippen molar-refractivity contribution in [3.8, 4) is 0 Å². The molecular formula is C8H16Cl2O. The Kier molecular flexibility index (Phi) is 6.40. The van der Waals surface area contributed by atoms with Gasteiger partial charge in [-0.2, -0.15) is 0 Å². The van der Waals surface area contributed by atoms with Gasteiger partial charge in [0.1, 0.15) is 0 Å². The van der Waals surface area contributed by atoms with E-state index in [9.17, 15) is 0 Å². The largest absolute Gasteiger partial charge is 0.384 e. The van der Waals surface area contributed by atoms with Gasteiger partial charge < -0.3 is 4.74 Å². The van der Waals surface area contributed by atoms with E-state index in [0.29, 0.717) is 18.4 Å². The lowest BCUT2D eigenvalue weighted by Crippen LogP contribution is -2.30. The van der Waals surface area contributed by atoms with Crippen LogP contribution in [0.25, 0.3) is 0 Å². The summed E-state index contributed by atoms with van der Waals surface area (Å²) in [6, 6.07) is 0. The maximum Gasteiger partial charge on any atom is 0.0541 e. The molecule has 0 N–H and O–H groups in total. The molecule has 0 amide bonds. The fourth-order valence-electron chi connectivity index (χ4n) is 1.16. The molecule has 0 aromatic rings. The van der Waals surface area contributed by atoms with Crippen molar-refractivity contribution in [3.63, 3.8) is 0 Å². The van der Waals surface area contributed by atoms with E-state index in [1.807, 2.05) is 0 Å².